The Balaban J connectivity index is 2.11. The van der Waals surface area contributed by atoms with Crippen molar-refractivity contribution in [2.75, 3.05) is 13.2 Å². The predicted molar refractivity (Wildman–Crippen MR) is 83.3 cm³/mol. The summed E-state index contributed by atoms with van der Waals surface area (Å²) in [6, 6.07) is 9.24. The van der Waals surface area contributed by atoms with Gasteiger partial charge in [-0.25, -0.2) is 0 Å². The number of ether oxygens (including phenoxy) is 2. The Morgan fingerprint density at radius 3 is 2.64 bits per heavy atom. The Kier molecular flexibility index (Phi) is 4.15. The number of fused-ring (bicyclic) bond motifs is 1. The van der Waals surface area contributed by atoms with Gasteiger partial charge in [-0.1, -0.05) is 6.92 Å². The number of aliphatic hydroxyl groups excluding tert-OH is 1. The van der Waals surface area contributed by atoms with Gasteiger partial charge in [0.05, 0.1) is 12.3 Å². The number of nitrogens with zero attached hydrogens (tertiary/aromatic N) is 1. The molecule has 116 valence electrons. The molecule has 1 aliphatic heterocycles. The second-order valence-electron chi connectivity index (χ2n) is 5.22. The van der Waals surface area contributed by atoms with Crippen LogP contribution in [0, 0.1) is 0 Å². The molecule has 0 fully saturated rings. The first-order valence-electron chi connectivity index (χ1n) is 7.48. The van der Waals surface area contributed by atoms with Crippen molar-refractivity contribution in [1.29, 1.82) is 0 Å². The zero-order chi connectivity index (χ0) is 15.5. The van der Waals surface area contributed by atoms with Crippen LogP contribution in [0.2, 0.25) is 0 Å². The van der Waals surface area contributed by atoms with E-state index in [9.17, 15) is 9.90 Å². The molecule has 0 radical (unpaired) electrons. The van der Waals surface area contributed by atoms with Crippen LogP contribution in [0.25, 0.3) is 11.3 Å². The highest BCUT2D eigenvalue weighted by atomic mass is 16.6. The lowest BCUT2D eigenvalue weighted by Gasteiger charge is -2.20. The summed E-state index contributed by atoms with van der Waals surface area (Å²) in [7, 11) is 0. The first-order chi connectivity index (χ1) is 10.7. The fraction of sp³-hybridized carbons (Fsp3) is 0.353. The highest BCUT2D eigenvalue weighted by Crippen LogP contribution is 2.34. The molecule has 0 atom stereocenters. The third-order valence-electron chi connectivity index (χ3n) is 3.71. The highest BCUT2D eigenvalue weighted by Gasteiger charge is 2.15. The van der Waals surface area contributed by atoms with E-state index in [1.165, 1.54) is 0 Å². The van der Waals surface area contributed by atoms with E-state index in [1.54, 1.807) is 10.6 Å². The first kappa shape index (κ1) is 14.7. The van der Waals surface area contributed by atoms with E-state index in [1.807, 2.05) is 31.2 Å². The number of aliphatic hydroxyl groups is 1. The van der Waals surface area contributed by atoms with Gasteiger partial charge in [0.15, 0.2) is 11.5 Å². The summed E-state index contributed by atoms with van der Waals surface area (Å²) in [6.45, 7) is 3.46. The summed E-state index contributed by atoms with van der Waals surface area (Å²) in [5.74, 6) is 1.43. The average molecular weight is 301 g/mol. The minimum absolute atomic E-state index is 0.142. The molecule has 0 saturated heterocycles. The Morgan fingerprint density at radius 1 is 1.14 bits per heavy atom. The second-order valence-corrected chi connectivity index (χ2v) is 5.22. The van der Waals surface area contributed by atoms with Crippen LogP contribution in [-0.2, 0) is 13.2 Å². The Morgan fingerprint density at radius 2 is 1.91 bits per heavy atom. The number of hydrogen-bond donors (Lipinski definition) is 1. The van der Waals surface area contributed by atoms with Crippen LogP contribution in [0.15, 0.2) is 35.1 Å². The van der Waals surface area contributed by atoms with Crippen molar-refractivity contribution >= 4 is 0 Å². The van der Waals surface area contributed by atoms with Gasteiger partial charge in [-0.05, 0) is 36.8 Å². The predicted octanol–water partition coefficient (Wildman–Crippen LogP) is 2.19. The molecular weight excluding hydrogens is 282 g/mol. The van der Waals surface area contributed by atoms with Gasteiger partial charge in [-0.15, -0.1) is 0 Å². The fourth-order valence-electron chi connectivity index (χ4n) is 2.64. The minimum atomic E-state index is -0.246. The SMILES string of the molecule is CCCn1c(-c2ccc3c(c2)OCCO3)ccc(CO)c1=O. The maximum absolute atomic E-state index is 12.4. The van der Waals surface area contributed by atoms with Crippen molar-refractivity contribution in [3.05, 3.63) is 46.2 Å². The van der Waals surface area contributed by atoms with Gasteiger partial charge in [0.2, 0.25) is 0 Å². The van der Waals surface area contributed by atoms with Gasteiger partial charge in [0.25, 0.3) is 5.56 Å². The molecule has 0 amide bonds. The lowest BCUT2D eigenvalue weighted by Crippen LogP contribution is -2.25. The molecule has 2 aromatic rings. The van der Waals surface area contributed by atoms with Crippen LogP contribution < -0.4 is 15.0 Å². The van der Waals surface area contributed by atoms with E-state index >= 15 is 0 Å². The summed E-state index contributed by atoms with van der Waals surface area (Å²) in [5, 5.41) is 9.28. The molecule has 5 heteroatoms. The highest BCUT2D eigenvalue weighted by molar-refractivity contribution is 5.64. The van der Waals surface area contributed by atoms with Crippen molar-refractivity contribution in [3.63, 3.8) is 0 Å². The summed E-state index contributed by atoms with van der Waals surface area (Å²) in [6.07, 6.45) is 0.840. The van der Waals surface area contributed by atoms with Gasteiger partial charge in [0, 0.05) is 17.7 Å². The van der Waals surface area contributed by atoms with Crippen LogP contribution in [-0.4, -0.2) is 22.9 Å². The van der Waals surface area contributed by atoms with Crippen LogP contribution >= 0.6 is 0 Å². The molecule has 0 spiro atoms. The van der Waals surface area contributed by atoms with Crippen molar-refractivity contribution in [3.8, 4) is 22.8 Å². The molecule has 1 aliphatic rings. The van der Waals surface area contributed by atoms with Crippen molar-refractivity contribution in [1.82, 2.24) is 4.57 Å². The lowest BCUT2D eigenvalue weighted by molar-refractivity contribution is 0.171. The van der Waals surface area contributed by atoms with Gasteiger partial charge in [0.1, 0.15) is 13.2 Å². The largest absolute Gasteiger partial charge is 0.486 e. The van der Waals surface area contributed by atoms with Crippen molar-refractivity contribution in [2.45, 2.75) is 26.5 Å². The van der Waals surface area contributed by atoms with Gasteiger partial charge < -0.3 is 19.1 Å². The van der Waals surface area contributed by atoms with E-state index in [0.717, 1.165) is 23.4 Å². The molecule has 0 unspecified atom stereocenters. The topological polar surface area (TPSA) is 60.7 Å². The standard InChI is InChI=1S/C17H19NO4/c1-2-7-18-14(5-3-13(11-19)17(18)20)12-4-6-15-16(10-12)22-9-8-21-15/h3-6,10,19H,2,7-9,11H2,1H3. The number of hydrogen-bond acceptors (Lipinski definition) is 4. The van der Waals surface area contributed by atoms with Gasteiger partial charge in [-0.3, -0.25) is 4.79 Å². The normalized spacial score (nSPS) is 13.2. The number of benzene rings is 1. The van der Waals surface area contributed by atoms with Crippen molar-refractivity contribution in [2.24, 2.45) is 0 Å². The van der Waals surface area contributed by atoms with E-state index < -0.39 is 0 Å². The van der Waals surface area contributed by atoms with Gasteiger partial charge in [-0.2, -0.15) is 0 Å². The Bertz CT molecular complexity index is 736. The Labute approximate surface area is 128 Å². The second kappa shape index (κ2) is 6.23. The summed E-state index contributed by atoms with van der Waals surface area (Å²) < 4.78 is 12.8. The maximum atomic E-state index is 12.4. The Hall–Kier alpha value is -2.27. The summed E-state index contributed by atoms with van der Waals surface area (Å²) in [4.78, 5) is 12.4. The first-order valence-corrected chi connectivity index (χ1v) is 7.48. The minimum Gasteiger partial charge on any atom is -0.486 e. The number of aromatic nitrogens is 1. The third-order valence-corrected chi connectivity index (χ3v) is 3.71. The smallest absolute Gasteiger partial charge is 0.256 e. The number of rotatable bonds is 4. The summed E-state index contributed by atoms with van der Waals surface area (Å²) >= 11 is 0. The van der Waals surface area contributed by atoms with Crippen LogP contribution in [0.3, 0.4) is 0 Å². The van der Waals surface area contributed by atoms with E-state index in [2.05, 4.69) is 0 Å². The quantitative estimate of drug-likeness (QED) is 0.940. The van der Waals surface area contributed by atoms with E-state index in [4.69, 9.17) is 9.47 Å². The maximum Gasteiger partial charge on any atom is 0.256 e. The van der Waals surface area contributed by atoms with E-state index in [0.29, 0.717) is 31.1 Å². The molecule has 0 saturated carbocycles. The molecule has 1 N–H and O–H groups in total. The summed E-state index contributed by atoms with van der Waals surface area (Å²) in [5.41, 5.74) is 1.99. The van der Waals surface area contributed by atoms with Gasteiger partial charge >= 0.3 is 0 Å². The monoisotopic (exact) mass is 301 g/mol. The molecule has 5 nitrogen and oxygen atoms in total. The number of pyridine rings is 1. The molecule has 1 aromatic carbocycles. The third kappa shape index (κ3) is 2.60. The molecule has 22 heavy (non-hydrogen) atoms. The molecule has 1 aromatic heterocycles. The molecule has 0 bridgehead atoms. The average Bonchev–Trinajstić information content (AvgIpc) is 2.56. The molecule has 2 heterocycles. The lowest BCUT2D eigenvalue weighted by atomic mass is 10.1. The van der Waals surface area contributed by atoms with Crippen LogP contribution in [0.1, 0.15) is 18.9 Å². The zero-order valence-corrected chi connectivity index (χ0v) is 12.5. The van der Waals surface area contributed by atoms with Crippen LogP contribution in [0.5, 0.6) is 11.5 Å². The molecular formula is C17H19NO4. The van der Waals surface area contributed by atoms with Crippen LogP contribution in [0.4, 0.5) is 0 Å². The fourth-order valence-corrected chi connectivity index (χ4v) is 2.64. The zero-order valence-electron chi connectivity index (χ0n) is 12.5. The van der Waals surface area contributed by atoms with Crippen molar-refractivity contribution < 1.29 is 14.6 Å². The molecule has 3 rings (SSSR count). The van der Waals surface area contributed by atoms with E-state index in [-0.39, 0.29) is 12.2 Å². The molecule has 0 aliphatic carbocycles.